The number of nitrogens with zero attached hydrogens (tertiary/aromatic N) is 2. The van der Waals surface area contributed by atoms with Crippen LogP contribution in [-0.4, -0.2) is 50.6 Å². The van der Waals surface area contributed by atoms with Gasteiger partial charge in [0.05, 0.1) is 11.5 Å². The van der Waals surface area contributed by atoms with Gasteiger partial charge in [0.1, 0.15) is 18.2 Å². The van der Waals surface area contributed by atoms with Crippen molar-refractivity contribution in [1.82, 2.24) is 9.97 Å². The van der Waals surface area contributed by atoms with Gasteiger partial charge >= 0.3 is 0 Å². The first-order valence-electron chi connectivity index (χ1n) is 6.51. The van der Waals surface area contributed by atoms with E-state index in [4.69, 9.17) is 4.74 Å². The van der Waals surface area contributed by atoms with Crippen molar-refractivity contribution in [2.24, 2.45) is 5.92 Å². The Morgan fingerprint density at radius 1 is 1.40 bits per heavy atom. The van der Waals surface area contributed by atoms with Gasteiger partial charge in [-0.3, -0.25) is 0 Å². The average Bonchev–Trinajstić information content (AvgIpc) is 2.76. The monoisotopic (exact) mass is 300 g/mol. The normalized spacial score (nSPS) is 20.8. The van der Waals surface area contributed by atoms with E-state index in [-0.39, 0.29) is 11.7 Å². The molecule has 1 unspecified atom stereocenters. The summed E-state index contributed by atoms with van der Waals surface area (Å²) >= 11 is 0. The van der Waals surface area contributed by atoms with Crippen molar-refractivity contribution in [3.05, 3.63) is 11.9 Å². The van der Waals surface area contributed by atoms with Gasteiger partial charge in [-0.1, -0.05) is 0 Å². The molecule has 1 fully saturated rings. The Bertz CT molecular complexity index is 562. The molecule has 0 saturated carbocycles. The lowest BCUT2D eigenvalue weighted by Gasteiger charge is -2.12. The molecule has 2 heterocycles. The molecular weight excluding hydrogens is 280 g/mol. The van der Waals surface area contributed by atoms with Gasteiger partial charge in [0.25, 0.3) is 0 Å². The number of hydrogen-bond acceptors (Lipinski definition) is 7. The topological polar surface area (TPSA) is 93.2 Å². The zero-order valence-corrected chi connectivity index (χ0v) is 12.5. The predicted molar refractivity (Wildman–Crippen MR) is 77.5 cm³/mol. The Balaban J connectivity index is 2.00. The van der Waals surface area contributed by atoms with Gasteiger partial charge in [-0.15, -0.1) is 0 Å². The molecule has 0 aromatic carbocycles. The van der Waals surface area contributed by atoms with Crippen LogP contribution in [0.3, 0.4) is 0 Å². The second kappa shape index (κ2) is 6.36. The number of sulfone groups is 1. The Labute approximate surface area is 119 Å². The molecule has 8 heteroatoms. The number of methoxy groups -OCH3 is 1. The first-order chi connectivity index (χ1) is 9.52. The molecule has 2 N–H and O–H groups in total. The van der Waals surface area contributed by atoms with Gasteiger partial charge in [0.2, 0.25) is 0 Å². The van der Waals surface area contributed by atoms with E-state index < -0.39 is 9.84 Å². The van der Waals surface area contributed by atoms with E-state index in [0.717, 1.165) is 0 Å². The van der Waals surface area contributed by atoms with Gasteiger partial charge in [0.15, 0.2) is 15.7 Å². The van der Waals surface area contributed by atoms with Crippen molar-refractivity contribution in [2.45, 2.75) is 13.0 Å². The van der Waals surface area contributed by atoms with Crippen molar-refractivity contribution in [2.75, 3.05) is 42.8 Å². The Kier molecular flexibility index (Phi) is 4.77. The summed E-state index contributed by atoms with van der Waals surface area (Å²) in [5.74, 6) is 2.67. The van der Waals surface area contributed by atoms with Gasteiger partial charge in [-0.2, -0.15) is 0 Å². The summed E-state index contributed by atoms with van der Waals surface area (Å²) in [5.41, 5.74) is 0. The van der Waals surface area contributed by atoms with Crippen LogP contribution in [0.4, 0.5) is 11.6 Å². The predicted octanol–water partition coefficient (Wildman–Crippen LogP) is 0.511. The zero-order chi connectivity index (χ0) is 14.6. The molecule has 1 aliphatic heterocycles. The fraction of sp³-hybridized carbons (Fsp3) is 0.667. The zero-order valence-electron chi connectivity index (χ0n) is 11.7. The Morgan fingerprint density at radius 3 is 2.75 bits per heavy atom. The van der Waals surface area contributed by atoms with Crippen LogP contribution in [0.25, 0.3) is 0 Å². The summed E-state index contributed by atoms with van der Waals surface area (Å²) in [6, 6.07) is 1.79. The number of nitrogens with one attached hydrogen (secondary N) is 2. The van der Waals surface area contributed by atoms with E-state index in [1.807, 2.05) is 0 Å². The fourth-order valence-corrected chi connectivity index (χ4v) is 4.05. The minimum absolute atomic E-state index is 0.152. The van der Waals surface area contributed by atoms with E-state index in [0.29, 0.717) is 42.8 Å². The molecule has 0 aliphatic carbocycles. The summed E-state index contributed by atoms with van der Waals surface area (Å²) in [5, 5.41) is 6.15. The van der Waals surface area contributed by atoms with Crippen LogP contribution in [0.1, 0.15) is 12.2 Å². The summed E-state index contributed by atoms with van der Waals surface area (Å²) in [6.45, 7) is 0.938. The minimum Gasteiger partial charge on any atom is -0.377 e. The molecule has 1 atom stereocenters. The second-order valence-corrected chi connectivity index (χ2v) is 7.12. The van der Waals surface area contributed by atoms with E-state index in [1.165, 1.54) is 0 Å². The molecule has 1 aliphatic rings. The lowest BCUT2D eigenvalue weighted by atomic mass is 10.1. The van der Waals surface area contributed by atoms with Crippen LogP contribution in [0, 0.1) is 5.92 Å². The van der Waals surface area contributed by atoms with Gasteiger partial charge in [-0.25, -0.2) is 18.4 Å². The first kappa shape index (κ1) is 15.0. The molecule has 0 amide bonds. The van der Waals surface area contributed by atoms with Crippen molar-refractivity contribution < 1.29 is 13.2 Å². The maximum Gasteiger partial charge on any atom is 0.158 e. The third kappa shape index (κ3) is 4.04. The summed E-state index contributed by atoms with van der Waals surface area (Å²) < 4.78 is 27.9. The fourth-order valence-electron chi connectivity index (χ4n) is 2.19. The van der Waals surface area contributed by atoms with Crippen LogP contribution in [0.5, 0.6) is 0 Å². The summed E-state index contributed by atoms with van der Waals surface area (Å²) in [7, 11) is 0.539. The highest BCUT2D eigenvalue weighted by Gasteiger charge is 2.27. The maximum absolute atomic E-state index is 11.4. The standard InChI is InChI=1S/C12H20N4O3S/c1-13-10-5-11(16-12(15-10)7-19-2)14-6-9-3-4-20(17,18)8-9/h5,9H,3-4,6-8H2,1-2H3,(H2,13,14,15,16). The molecule has 1 aromatic rings. The summed E-state index contributed by atoms with van der Waals surface area (Å²) in [6.07, 6.45) is 0.713. The number of ether oxygens (including phenoxy) is 1. The molecular formula is C12H20N4O3S. The lowest BCUT2D eigenvalue weighted by Crippen LogP contribution is -2.17. The van der Waals surface area contributed by atoms with Gasteiger partial charge in [-0.05, 0) is 12.3 Å². The Morgan fingerprint density at radius 2 is 2.15 bits per heavy atom. The van der Waals surface area contributed by atoms with Crippen LogP contribution in [0.15, 0.2) is 6.07 Å². The third-order valence-corrected chi connectivity index (χ3v) is 5.04. The molecule has 0 radical (unpaired) electrons. The molecule has 1 aromatic heterocycles. The maximum atomic E-state index is 11.4. The minimum atomic E-state index is -2.83. The van der Waals surface area contributed by atoms with Crippen LogP contribution in [0.2, 0.25) is 0 Å². The molecule has 2 rings (SSSR count). The first-order valence-corrected chi connectivity index (χ1v) is 8.33. The molecule has 1 saturated heterocycles. The summed E-state index contributed by atoms with van der Waals surface area (Å²) in [4.78, 5) is 8.59. The quantitative estimate of drug-likeness (QED) is 0.790. The van der Waals surface area contributed by atoms with E-state index >= 15 is 0 Å². The SMILES string of the molecule is CNc1cc(NCC2CCS(=O)(=O)C2)nc(COC)n1. The van der Waals surface area contributed by atoms with E-state index in [9.17, 15) is 8.42 Å². The van der Waals surface area contributed by atoms with Crippen LogP contribution >= 0.6 is 0 Å². The molecule has 20 heavy (non-hydrogen) atoms. The third-order valence-electron chi connectivity index (χ3n) is 3.20. The van der Waals surface area contributed by atoms with Crippen molar-refractivity contribution >= 4 is 21.5 Å². The van der Waals surface area contributed by atoms with Crippen molar-refractivity contribution in [3.63, 3.8) is 0 Å². The average molecular weight is 300 g/mol. The highest BCUT2D eigenvalue weighted by molar-refractivity contribution is 7.91. The highest BCUT2D eigenvalue weighted by Crippen LogP contribution is 2.19. The van der Waals surface area contributed by atoms with Crippen molar-refractivity contribution in [1.29, 1.82) is 0 Å². The van der Waals surface area contributed by atoms with E-state index in [2.05, 4.69) is 20.6 Å². The highest BCUT2D eigenvalue weighted by atomic mass is 32.2. The number of hydrogen-bond donors (Lipinski definition) is 2. The van der Waals surface area contributed by atoms with Gasteiger partial charge < -0.3 is 15.4 Å². The Hall–Kier alpha value is -1.41. The smallest absolute Gasteiger partial charge is 0.158 e. The van der Waals surface area contributed by atoms with Crippen LogP contribution < -0.4 is 10.6 Å². The molecule has 112 valence electrons. The number of anilines is 2. The largest absolute Gasteiger partial charge is 0.377 e. The lowest BCUT2D eigenvalue weighted by molar-refractivity contribution is 0.178. The number of rotatable bonds is 6. The van der Waals surface area contributed by atoms with Crippen LogP contribution in [-0.2, 0) is 21.2 Å². The second-order valence-electron chi connectivity index (χ2n) is 4.89. The molecule has 0 bridgehead atoms. The number of aromatic nitrogens is 2. The molecule has 7 nitrogen and oxygen atoms in total. The van der Waals surface area contributed by atoms with Crippen molar-refractivity contribution in [3.8, 4) is 0 Å². The van der Waals surface area contributed by atoms with Gasteiger partial charge in [0, 0.05) is 26.8 Å². The van der Waals surface area contributed by atoms with E-state index in [1.54, 1.807) is 20.2 Å². The molecule has 0 spiro atoms.